The first-order chi connectivity index (χ1) is 11.6. The molecule has 0 amide bonds. The molecular weight excluding hydrogens is 298 g/mol. The Hall–Kier alpha value is -1.65. The van der Waals surface area contributed by atoms with E-state index in [9.17, 15) is 0 Å². The smallest absolute Gasteiger partial charge is 0.0681 e. The van der Waals surface area contributed by atoms with Gasteiger partial charge < -0.3 is 5.11 Å². The van der Waals surface area contributed by atoms with Gasteiger partial charge in [-0.15, -0.1) is 0 Å². The van der Waals surface area contributed by atoms with Gasteiger partial charge in [-0.05, 0) is 57.2 Å². The van der Waals surface area contributed by atoms with Gasteiger partial charge in [-0.25, -0.2) is 0 Å². The first-order valence-corrected chi connectivity index (χ1v) is 9.04. The number of hydrogen-bond donors (Lipinski definition) is 1. The zero-order valence-electron chi connectivity index (χ0n) is 15.1. The van der Waals surface area contributed by atoms with Crippen LogP contribution in [0.3, 0.4) is 0 Å². The summed E-state index contributed by atoms with van der Waals surface area (Å²) in [5.74, 6) is 0.729. The molecular formula is C20H29N3O. The number of hydrogen-bond acceptors (Lipinski definition) is 3. The van der Waals surface area contributed by atoms with Gasteiger partial charge in [0.25, 0.3) is 0 Å². The average molecular weight is 327 g/mol. The number of aryl methyl sites for hydroxylation is 2. The van der Waals surface area contributed by atoms with Crippen molar-refractivity contribution in [3.63, 3.8) is 0 Å². The predicted molar refractivity (Wildman–Crippen MR) is 96.8 cm³/mol. The molecule has 1 aliphatic heterocycles. The summed E-state index contributed by atoms with van der Waals surface area (Å²) in [5, 5.41) is 13.8. The number of aliphatic hydroxyl groups excluding tert-OH is 1. The Morgan fingerprint density at radius 1 is 1.17 bits per heavy atom. The third-order valence-corrected chi connectivity index (χ3v) is 5.31. The maximum atomic E-state index is 9.14. The van der Waals surface area contributed by atoms with Gasteiger partial charge in [0, 0.05) is 30.9 Å². The van der Waals surface area contributed by atoms with Gasteiger partial charge in [0.1, 0.15) is 0 Å². The molecule has 24 heavy (non-hydrogen) atoms. The van der Waals surface area contributed by atoms with Crippen LogP contribution in [0.25, 0.3) is 0 Å². The molecule has 0 spiro atoms. The normalized spacial score (nSPS) is 18.4. The van der Waals surface area contributed by atoms with Gasteiger partial charge in [-0.2, -0.15) is 5.10 Å². The van der Waals surface area contributed by atoms with Crippen molar-refractivity contribution in [1.82, 2.24) is 14.7 Å². The van der Waals surface area contributed by atoms with Gasteiger partial charge in [0.2, 0.25) is 0 Å². The highest BCUT2D eigenvalue weighted by Crippen LogP contribution is 2.24. The van der Waals surface area contributed by atoms with Crippen molar-refractivity contribution in [2.45, 2.75) is 53.3 Å². The van der Waals surface area contributed by atoms with Crippen molar-refractivity contribution in [3.05, 3.63) is 52.3 Å². The van der Waals surface area contributed by atoms with E-state index in [1.807, 2.05) is 12.1 Å². The summed E-state index contributed by atoms with van der Waals surface area (Å²) < 4.78 is 2.11. The highest BCUT2D eigenvalue weighted by molar-refractivity contribution is 5.25. The number of nitrogens with zero attached hydrogens (tertiary/aromatic N) is 3. The molecule has 1 saturated heterocycles. The lowest BCUT2D eigenvalue weighted by Crippen LogP contribution is -2.21. The third kappa shape index (κ3) is 3.70. The Balaban J connectivity index is 1.58. The van der Waals surface area contributed by atoms with Crippen molar-refractivity contribution in [2.75, 3.05) is 13.1 Å². The Labute approximate surface area is 145 Å². The third-order valence-electron chi connectivity index (χ3n) is 5.31. The quantitative estimate of drug-likeness (QED) is 0.886. The SMILES string of the molecule is CCn1nc(C)c(CN2CCC(Cc3ccc(CO)cc3)C2)c1C. The number of aliphatic hydroxyl groups is 1. The molecule has 0 saturated carbocycles. The largest absolute Gasteiger partial charge is 0.392 e. The molecule has 1 atom stereocenters. The summed E-state index contributed by atoms with van der Waals surface area (Å²) in [6, 6.07) is 8.39. The zero-order valence-corrected chi connectivity index (χ0v) is 15.1. The molecule has 4 heteroatoms. The van der Waals surface area contributed by atoms with Crippen molar-refractivity contribution in [2.24, 2.45) is 5.92 Å². The van der Waals surface area contributed by atoms with E-state index in [1.54, 1.807) is 0 Å². The van der Waals surface area contributed by atoms with Crippen LogP contribution in [0.5, 0.6) is 0 Å². The van der Waals surface area contributed by atoms with E-state index in [2.05, 4.69) is 47.6 Å². The maximum Gasteiger partial charge on any atom is 0.0681 e. The average Bonchev–Trinajstić information content (AvgIpc) is 3.14. The first-order valence-electron chi connectivity index (χ1n) is 9.04. The standard InChI is InChI=1S/C20H29N3O/c1-4-23-16(3)20(15(2)21-23)13-22-10-9-19(12-22)11-17-5-7-18(14-24)8-6-17/h5-8,19,24H,4,9-14H2,1-3H3. The van der Waals surface area contributed by atoms with Crippen LogP contribution in [0.1, 0.15) is 41.4 Å². The molecule has 1 N–H and O–H groups in total. The van der Waals surface area contributed by atoms with E-state index in [4.69, 9.17) is 5.11 Å². The summed E-state index contributed by atoms with van der Waals surface area (Å²) in [4.78, 5) is 2.57. The van der Waals surface area contributed by atoms with Crippen LogP contribution >= 0.6 is 0 Å². The maximum absolute atomic E-state index is 9.14. The fraction of sp³-hybridized carbons (Fsp3) is 0.550. The molecule has 4 nitrogen and oxygen atoms in total. The second-order valence-electron chi connectivity index (χ2n) is 7.03. The van der Waals surface area contributed by atoms with Crippen molar-refractivity contribution in [3.8, 4) is 0 Å². The molecule has 1 unspecified atom stereocenters. The minimum absolute atomic E-state index is 0.127. The lowest BCUT2D eigenvalue weighted by Gasteiger charge is -2.16. The Morgan fingerprint density at radius 3 is 2.50 bits per heavy atom. The summed E-state index contributed by atoms with van der Waals surface area (Å²) in [7, 11) is 0. The van der Waals surface area contributed by atoms with E-state index in [1.165, 1.54) is 35.5 Å². The Bertz CT molecular complexity index is 675. The first kappa shape index (κ1) is 17.2. The second kappa shape index (κ2) is 7.49. The summed E-state index contributed by atoms with van der Waals surface area (Å²) in [5.41, 5.74) is 6.27. The van der Waals surface area contributed by atoms with Gasteiger partial charge in [0.15, 0.2) is 0 Å². The Morgan fingerprint density at radius 2 is 1.88 bits per heavy atom. The molecule has 1 aromatic carbocycles. The summed E-state index contributed by atoms with van der Waals surface area (Å²) in [6.45, 7) is 10.9. The van der Waals surface area contributed by atoms with Crippen LogP contribution in [0, 0.1) is 19.8 Å². The van der Waals surface area contributed by atoms with Gasteiger partial charge in [-0.3, -0.25) is 9.58 Å². The van der Waals surface area contributed by atoms with Crippen LogP contribution < -0.4 is 0 Å². The van der Waals surface area contributed by atoms with Crippen molar-refractivity contribution >= 4 is 0 Å². The minimum Gasteiger partial charge on any atom is -0.392 e. The lowest BCUT2D eigenvalue weighted by molar-refractivity contribution is 0.282. The van der Waals surface area contributed by atoms with E-state index in [0.29, 0.717) is 0 Å². The molecule has 1 aromatic heterocycles. The molecule has 2 heterocycles. The molecule has 2 aromatic rings. The van der Waals surface area contributed by atoms with Crippen LogP contribution in [-0.2, 0) is 26.1 Å². The van der Waals surface area contributed by atoms with E-state index >= 15 is 0 Å². The molecule has 0 aliphatic carbocycles. The van der Waals surface area contributed by atoms with Crippen molar-refractivity contribution < 1.29 is 5.11 Å². The topological polar surface area (TPSA) is 41.3 Å². The molecule has 1 aliphatic rings. The van der Waals surface area contributed by atoms with Crippen LogP contribution in [0.15, 0.2) is 24.3 Å². The molecule has 0 bridgehead atoms. The minimum atomic E-state index is 0.127. The Kier molecular flexibility index (Phi) is 5.36. The summed E-state index contributed by atoms with van der Waals surface area (Å²) in [6.07, 6.45) is 2.40. The highest BCUT2D eigenvalue weighted by atomic mass is 16.3. The van der Waals surface area contributed by atoms with Crippen LogP contribution in [0.4, 0.5) is 0 Å². The van der Waals surface area contributed by atoms with E-state index in [-0.39, 0.29) is 6.61 Å². The van der Waals surface area contributed by atoms with Gasteiger partial charge in [0.05, 0.1) is 12.3 Å². The predicted octanol–water partition coefficient (Wildman–Crippen LogP) is 3.08. The van der Waals surface area contributed by atoms with E-state index in [0.717, 1.165) is 37.5 Å². The van der Waals surface area contributed by atoms with E-state index < -0.39 is 0 Å². The fourth-order valence-corrected chi connectivity index (χ4v) is 3.83. The zero-order chi connectivity index (χ0) is 17.1. The number of aromatic nitrogens is 2. The van der Waals surface area contributed by atoms with Gasteiger partial charge >= 0.3 is 0 Å². The monoisotopic (exact) mass is 327 g/mol. The molecule has 0 radical (unpaired) electrons. The second-order valence-corrected chi connectivity index (χ2v) is 7.03. The van der Waals surface area contributed by atoms with Crippen molar-refractivity contribution in [1.29, 1.82) is 0 Å². The molecule has 1 fully saturated rings. The number of likely N-dealkylation sites (tertiary alicyclic amines) is 1. The lowest BCUT2D eigenvalue weighted by atomic mass is 9.98. The number of rotatable bonds is 6. The van der Waals surface area contributed by atoms with Crippen LogP contribution in [0.2, 0.25) is 0 Å². The fourth-order valence-electron chi connectivity index (χ4n) is 3.83. The van der Waals surface area contributed by atoms with Crippen LogP contribution in [-0.4, -0.2) is 32.9 Å². The molecule has 130 valence electrons. The van der Waals surface area contributed by atoms with Gasteiger partial charge in [-0.1, -0.05) is 24.3 Å². The summed E-state index contributed by atoms with van der Waals surface area (Å²) >= 11 is 0. The number of benzene rings is 1. The highest BCUT2D eigenvalue weighted by Gasteiger charge is 2.24. The molecule has 3 rings (SSSR count).